The molecule has 0 aliphatic carbocycles. The molecule has 3 rings (SSSR count). The SMILES string of the molecule is NC1C[C@@H](CNc2ccccc2F)N(C(=O)CCCc2ccccc2F)C1. The Kier molecular flexibility index (Phi) is 6.40. The second-order valence-electron chi connectivity index (χ2n) is 7.00. The summed E-state index contributed by atoms with van der Waals surface area (Å²) in [7, 11) is 0. The Morgan fingerprint density at radius 1 is 1.11 bits per heavy atom. The van der Waals surface area contributed by atoms with Crippen LogP contribution in [0.25, 0.3) is 0 Å². The zero-order chi connectivity index (χ0) is 19.2. The van der Waals surface area contributed by atoms with E-state index in [4.69, 9.17) is 5.73 Å². The molecule has 0 bridgehead atoms. The second kappa shape index (κ2) is 8.95. The van der Waals surface area contributed by atoms with Crippen molar-refractivity contribution in [3.63, 3.8) is 0 Å². The molecule has 0 spiro atoms. The fourth-order valence-electron chi connectivity index (χ4n) is 3.56. The second-order valence-corrected chi connectivity index (χ2v) is 7.00. The van der Waals surface area contributed by atoms with Crippen LogP contribution in [0.4, 0.5) is 14.5 Å². The van der Waals surface area contributed by atoms with Crippen molar-refractivity contribution in [3.8, 4) is 0 Å². The average Bonchev–Trinajstić information content (AvgIpc) is 3.03. The predicted molar refractivity (Wildman–Crippen MR) is 102 cm³/mol. The molecule has 1 saturated heterocycles. The lowest BCUT2D eigenvalue weighted by Gasteiger charge is -2.25. The topological polar surface area (TPSA) is 58.4 Å². The van der Waals surface area contributed by atoms with Crippen LogP contribution >= 0.6 is 0 Å². The number of nitrogens with two attached hydrogens (primary N) is 1. The predicted octanol–water partition coefficient (Wildman–Crippen LogP) is 3.33. The van der Waals surface area contributed by atoms with E-state index in [9.17, 15) is 13.6 Å². The summed E-state index contributed by atoms with van der Waals surface area (Å²) >= 11 is 0. The normalized spacial score (nSPS) is 19.3. The van der Waals surface area contributed by atoms with Gasteiger partial charge in [0.25, 0.3) is 0 Å². The lowest BCUT2D eigenvalue weighted by Crippen LogP contribution is -2.40. The Balaban J connectivity index is 1.52. The first-order chi connectivity index (χ1) is 13.0. The van der Waals surface area contributed by atoms with Gasteiger partial charge in [0.2, 0.25) is 5.91 Å². The molecule has 2 aromatic rings. The third kappa shape index (κ3) is 5.04. The molecule has 3 N–H and O–H groups in total. The minimum absolute atomic E-state index is 0.0135. The first kappa shape index (κ1) is 19.3. The Labute approximate surface area is 158 Å². The fourth-order valence-corrected chi connectivity index (χ4v) is 3.56. The Bertz CT molecular complexity index is 784. The molecule has 1 amide bonds. The number of amides is 1. The van der Waals surface area contributed by atoms with Crippen LogP contribution in [0.15, 0.2) is 48.5 Å². The molecule has 27 heavy (non-hydrogen) atoms. The number of hydrogen-bond acceptors (Lipinski definition) is 3. The van der Waals surface area contributed by atoms with Crippen molar-refractivity contribution in [2.24, 2.45) is 5.73 Å². The number of carbonyl (C=O) groups excluding carboxylic acids is 1. The van der Waals surface area contributed by atoms with Gasteiger partial charge in [0.05, 0.1) is 11.7 Å². The van der Waals surface area contributed by atoms with Gasteiger partial charge in [-0.15, -0.1) is 0 Å². The van der Waals surface area contributed by atoms with Crippen LogP contribution in [0.2, 0.25) is 0 Å². The molecular weight excluding hydrogens is 348 g/mol. The van der Waals surface area contributed by atoms with Gasteiger partial charge >= 0.3 is 0 Å². The van der Waals surface area contributed by atoms with Gasteiger partial charge in [-0.1, -0.05) is 30.3 Å². The van der Waals surface area contributed by atoms with Crippen molar-refractivity contribution in [3.05, 3.63) is 65.7 Å². The van der Waals surface area contributed by atoms with E-state index in [2.05, 4.69) is 5.32 Å². The van der Waals surface area contributed by atoms with Crippen molar-refractivity contribution in [2.45, 2.75) is 37.8 Å². The van der Waals surface area contributed by atoms with E-state index in [1.54, 1.807) is 41.3 Å². The number of benzene rings is 2. The van der Waals surface area contributed by atoms with Crippen LogP contribution in [-0.2, 0) is 11.2 Å². The number of nitrogens with one attached hydrogen (secondary N) is 1. The number of carbonyl (C=O) groups is 1. The van der Waals surface area contributed by atoms with Crippen molar-refractivity contribution in [2.75, 3.05) is 18.4 Å². The number of aryl methyl sites for hydroxylation is 1. The van der Waals surface area contributed by atoms with Gasteiger partial charge < -0.3 is 16.0 Å². The standard InChI is InChI=1S/C21H25F2N3O/c22-18-8-2-1-6-15(18)7-5-11-21(27)26-14-16(24)12-17(26)13-25-20-10-4-3-9-19(20)23/h1-4,6,8-10,16-17,25H,5,7,11-14,24H2/t16?,17-/m0/s1. The number of halogens is 2. The van der Waals surface area contributed by atoms with Gasteiger partial charge in [0.1, 0.15) is 11.6 Å². The van der Waals surface area contributed by atoms with Crippen molar-refractivity contribution in [1.82, 2.24) is 4.90 Å². The summed E-state index contributed by atoms with van der Waals surface area (Å²) in [6.07, 6.45) is 2.13. The summed E-state index contributed by atoms with van der Waals surface area (Å²) in [6, 6.07) is 12.9. The minimum Gasteiger partial charge on any atom is -0.381 e. The van der Waals surface area contributed by atoms with Gasteiger partial charge in [0.15, 0.2) is 0 Å². The molecular formula is C21H25F2N3O. The zero-order valence-electron chi connectivity index (χ0n) is 15.2. The van der Waals surface area contributed by atoms with Gasteiger partial charge in [-0.3, -0.25) is 4.79 Å². The maximum atomic E-state index is 13.8. The molecule has 0 aromatic heterocycles. The average molecular weight is 373 g/mol. The summed E-state index contributed by atoms with van der Waals surface area (Å²) < 4.78 is 27.4. The molecule has 0 radical (unpaired) electrons. The van der Waals surface area contributed by atoms with E-state index in [-0.39, 0.29) is 29.6 Å². The van der Waals surface area contributed by atoms with Crippen molar-refractivity contribution in [1.29, 1.82) is 0 Å². The number of hydrogen-bond donors (Lipinski definition) is 2. The zero-order valence-corrected chi connectivity index (χ0v) is 15.2. The highest BCUT2D eigenvalue weighted by Gasteiger charge is 2.32. The highest BCUT2D eigenvalue weighted by Crippen LogP contribution is 2.21. The van der Waals surface area contributed by atoms with Crippen LogP contribution in [0, 0.1) is 11.6 Å². The summed E-state index contributed by atoms with van der Waals surface area (Å²) in [5.41, 5.74) is 7.09. The third-order valence-corrected chi connectivity index (χ3v) is 4.96. The third-order valence-electron chi connectivity index (χ3n) is 4.96. The molecule has 1 unspecified atom stereocenters. The minimum atomic E-state index is -0.317. The van der Waals surface area contributed by atoms with E-state index in [0.29, 0.717) is 50.0 Å². The highest BCUT2D eigenvalue weighted by atomic mass is 19.1. The molecule has 1 aliphatic rings. The summed E-state index contributed by atoms with van der Waals surface area (Å²) in [5, 5.41) is 3.08. The molecule has 2 atom stereocenters. The van der Waals surface area contributed by atoms with E-state index in [0.717, 1.165) is 0 Å². The van der Waals surface area contributed by atoms with Crippen molar-refractivity contribution >= 4 is 11.6 Å². The van der Waals surface area contributed by atoms with E-state index in [1.165, 1.54) is 12.1 Å². The van der Waals surface area contributed by atoms with E-state index in [1.807, 2.05) is 0 Å². The molecule has 4 nitrogen and oxygen atoms in total. The molecule has 2 aromatic carbocycles. The Morgan fingerprint density at radius 3 is 2.56 bits per heavy atom. The summed E-state index contributed by atoms with van der Waals surface area (Å²) in [5.74, 6) is -0.540. The molecule has 1 aliphatic heterocycles. The lowest BCUT2D eigenvalue weighted by atomic mass is 10.1. The first-order valence-corrected chi connectivity index (χ1v) is 9.31. The Morgan fingerprint density at radius 2 is 1.81 bits per heavy atom. The maximum Gasteiger partial charge on any atom is 0.222 e. The quantitative estimate of drug-likeness (QED) is 0.783. The van der Waals surface area contributed by atoms with Crippen LogP contribution in [0.1, 0.15) is 24.8 Å². The lowest BCUT2D eigenvalue weighted by molar-refractivity contribution is -0.131. The van der Waals surface area contributed by atoms with E-state index >= 15 is 0 Å². The summed E-state index contributed by atoms with van der Waals surface area (Å²) in [6.45, 7) is 0.954. The number of nitrogens with zero attached hydrogens (tertiary/aromatic N) is 1. The first-order valence-electron chi connectivity index (χ1n) is 9.31. The molecule has 6 heteroatoms. The van der Waals surface area contributed by atoms with Gasteiger partial charge in [-0.05, 0) is 43.0 Å². The number of rotatable bonds is 7. The monoisotopic (exact) mass is 373 g/mol. The maximum absolute atomic E-state index is 13.8. The molecule has 0 saturated carbocycles. The van der Waals surface area contributed by atoms with Gasteiger partial charge in [-0.2, -0.15) is 0 Å². The fraction of sp³-hybridized carbons (Fsp3) is 0.381. The van der Waals surface area contributed by atoms with Crippen LogP contribution in [-0.4, -0.2) is 36.0 Å². The molecule has 1 fully saturated rings. The number of anilines is 1. The summed E-state index contributed by atoms with van der Waals surface area (Å²) in [4.78, 5) is 14.4. The molecule has 1 heterocycles. The largest absolute Gasteiger partial charge is 0.381 e. The highest BCUT2D eigenvalue weighted by molar-refractivity contribution is 5.77. The van der Waals surface area contributed by atoms with Gasteiger partial charge in [0, 0.05) is 25.6 Å². The number of para-hydroxylation sites is 1. The Hall–Kier alpha value is -2.47. The smallest absolute Gasteiger partial charge is 0.222 e. The molecule has 144 valence electrons. The van der Waals surface area contributed by atoms with Crippen LogP contribution < -0.4 is 11.1 Å². The van der Waals surface area contributed by atoms with Crippen LogP contribution in [0.5, 0.6) is 0 Å². The van der Waals surface area contributed by atoms with Gasteiger partial charge in [-0.25, -0.2) is 8.78 Å². The van der Waals surface area contributed by atoms with Crippen LogP contribution in [0.3, 0.4) is 0 Å². The number of likely N-dealkylation sites (tertiary alicyclic amines) is 1. The van der Waals surface area contributed by atoms with Crippen molar-refractivity contribution < 1.29 is 13.6 Å². The van der Waals surface area contributed by atoms with E-state index < -0.39 is 0 Å².